The smallest absolute Gasteiger partial charge is 0.227 e. The van der Waals surface area contributed by atoms with Crippen LogP contribution in [0.3, 0.4) is 0 Å². The number of hydrogen-bond donors (Lipinski definition) is 3. The van der Waals surface area contributed by atoms with Crippen LogP contribution in [0.25, 0.3) is 0 Å². The van der Waals surface area contributed by atoms with Crippen molar-refractivity contribution in [2.75, 3.05) is 18.9 Å². The fourth-order valence-corrected chi connectivity index (χ4v) is 4.79. The molecule has 1 fully saturated rings. The molecule has 0 saturated heterocycles. The Bertz CT molecular complexity index is 706. The first kappa shape index (κ1) is 18.9. The fraction of sp³-hybridized carbons (Fsp3) is 0.474. The van der Waals surface area contributed by atoms with Crippen LogP contribution in [0.1, 0.15) is 12.0 Å². The van der Waals surface area contributed by atoms with Crippen LogP contribution >= 0.6 is 11.8 Å². The number of benzene rings is 1. The zero-order chi connectivity index (χ0) is 18.8. The molecule has 2 aliphatic rings. The first-order valence-corrected chi connectivity index (χ1v) is 9.59. The molecular formula is C19H25N3O3S. The van der Waals surface area contributed by atoms with E-state index in [9.17, 15) is 15.0 Å². The molecule has 1 heterocycles. The van der Waals surface area contributed by atoms with Crippen molar-refractivity contribution in [3.63, 3.8) is 0 Å². The summed E-state index contributed by atoms with van der Waals surface area (Å²) in [6, 6.07) is 7.44. The van der Waals surface area contributed by atoms with E-state index in [0.717, 1.165) is 5.69 Å². The van der Waals surface area contributed by atoms with Gasteiger partial charge in [-0.3, -0.25) is 9.79 Å². The quantitative estimate of drug-likeness (QED) is 0.697. The Morgan fingerprint density at radius 1 is 1.42 bits per heavy atom. The molecule has 0 unspecified atom stereocenters. The van der Waals surface area contributed by atoms with Crippen molar-refractivity contribution < 1.29 is 15.0 Å². The number of aliphatic imine (C=N–C) groups is 1. The largest absolute Gasteiger partial charge is 0.390 e. The number of carbonyl (C=O) groups excluding carboxylic acids is 1. The van der Waals surface area contributed by atoms with Gasteiger partial charge in [-0.25, -0.2) is 0 Å². The van der Waals surface area contributed by atoms with Crippen LogP contribution in [-0.4, -0.2) is 63.3 Å². The second-order valence-electron chi connectivity index (χ2n) is 6.91. The summed E-state index contributed by atoms with van der Waals surface area (Å²) in [7, 11) is 1.72. The topological polar surface area (TPSA) is 85.2 Å². The average molecular weight is 375 g/mol. The Kier molecular flexibility index (Phi) is 5.70. The molecule has 1 saturated carbocycles. The molecular weight excluding hydrogens is 350 g/mol. The van der Waals surface area contributed by atoms with Crippen molar-refractivity contribution >= 4 is 28.5 Å². The number of thioether (sulfide) groups is 1. The molecule has 0 bridgehead atoms. The van der Waals surface area contributed by atoms with Crippen molar-refractivity contribution in [1.82, 2.24) is 4.90 Å². The molecule has 3 N–H and O–H groups in total. The summed E-state index contributed by atoms with van der Waals surface area (Å²) in [4.78, 5) is 19.0. The van der Waals surface area contributed by atoms with E-state index < -0.39 is 24.2 Å². The molecule has 1 aromatic carbocycles. The molecule has 5 atom stereocenters. The van der Waals surface area contributed by atoms with Gasteiger partial charge in [-0.05, 0) is 25.5 Å². The molecule has 0 aromatic heterocycles. The van der Waals surface area contributed by atoms with Crippen LogP contribution < -0.4 is 5.32 Å². The number of fused-ring (bicyclic) bond motifs is 1. The zero-order valence-corrected chi connectivity index (χ0v) is 15.8. The monoisotopic (exact) mass is 375 g/mol. The Labute approximate surface area is 158 Å². The first-order chi connectivity index (χ1) is 12.4. The lowest BCUT2D eigenvalue weighted by Gasteiger charge is -2.38. The second-order valence-corrected chi connectivity index (χ2v) is 8.07. The Balaban J connectivity index is 1.77. The fourth-order valence-electron chi connectivity index (χ4n) is 3.42. The summed E-state index contributed by atoms with van der Waals surface area (Å²) in [6.07, 6.45) is -0.00114. The number of amides is 1. The lowest BCUT2D eigenvalue weighted by atomic mass is 9.80. The minimum atomic E-state index is -0.960. The normalized spacial score (nSPS) is 30.3. The van der Waals surface area contributed by atoms with E-state index in [-0.39, 0.29) is 17.6 Å². The molecule has 1 aliphatic carbocycles. The highest BCUT2D eigenvalue weighted by Gasteiger charge is 2.50. The van der Waals surface area contributed by atoms with Gasteiger partial charge >= 0.3 is 0 Å². The summed E-state index contributed by atoms with van der Waals surface area (Å²) >= 11 is 1.47. The maximum Gasteiger partial charge on any atom is 0.227 e. The molecule has 1 amide bonds. The molecule has 0 spiro atoms. The van der Waals surface area contributed by atoms with Gasteiger partial charge in [0.05, 0.1) is 18.1 Å². The van der Waals surface area contributed by atoms with Crippen LogP contribution in [0, 0.1) is 12.8 Å². The van der Waals surface area contributed by atoms with Gasteiger partial charge in [0.15, 0.2) is 5.17 Å². The van der Waals surface area contributed by atoms with E-state index in [0.29, 0.717) is 11.7 Å². The number of amidine groups is 1. The first-order valence-electron chi connectivity index (χ1n) is 8.71. The third-order valence-electron chi connectivity index (χ3n) is 4.89. The SMILES string of the molecule is C=CCN(C)C(=O)[C@H]1C[C@@H](O)[C@H](O)[C@@H]2N=C(Nc3ccc(C)cc3)S[C@@H]21. The van der Waals surface area contributed by atoms with Gasteiger partial charge in [-0.2, -0.15) is 0 Å². The standard InChI is InChI=1S/C19H25N3O3S/c1-4-9-22(3)18(25)13-10-14(23)16(24)15-17(13)26-19(21-15)20-12-7-5-11(2)6-8-12/h4-8,13-17,23-24H,1,9-10H2,2-3H3,(H,20,21)/t13-,14+,15-,16-,17+/m0/s1. The average Bonchev–Trinajstić information content (AvgIpc) is 3.03. The highest BCUT2D eigenvalue weighted by atomic mass is 32.2. The molecule has 26 heavy (non-hydrogen) atoms. The third-order valence-corrected chi connectivity index (χ3v) is 6.20. The number of likely N-dealkylation sites (N-methyl/N-ethyl adjacent to an activating group) is 1. The van der Waals surface area contributed by atoms with E-state index >= 15 is 0 Å². The predicted octanol–water partition coefficient (Wildman–Crippen LogP) is 1.63. The van der Waals surface area contributed by atoms with Gasteiger partial charge in [-0.15, -0.1) is 6.58 Å². The lowest BCUT2D eigenvalue weighted by Crippen LogP contribution is -2.54. The van der Waals surface area contributed by atoms with Gasteiger partial charge in [0.2, 0.25) is 5.91 Å². The van der Waals surface area contributed by atoms with Crippen molar-refractivity contribution in [2.45, 2.75) is 36.8 Å². The third kappa shape index (κ3) is 3.79. The second kappa shape index (κ2) is 7.82. The van der Waals surface area contributed by atoms with E-state index in [1.807, 2.05) is 31.2 Å². The van der Waals surface area contributed by atoms with Crippen LogP contribution in [0.2, 0.25) is 0 Å². The number of rotatable bonds is 4. The Morgan fingerprint density at radius 2 is 2.12 bits per heavy atom. The summed E-state index contributed by atoms with van der Waals surface area (Å²) in [5, 5.41) is 24.3. The summed E-state index contributed by atoms with van der Waals surface area (Å²) in [5.74, 6) is -0.445. The molecule has 0 radical (unpaired) electrons. The van der Waals surface area contributed by atoms with Gasteiger partial charge in [-0.1, -0.05) is 35.5 Å². The van der Waals surface area contributed by atoms with Crippen LogP contribution in [0.4, 0.5) is 5.69 Å². The molecule has 3 rings (SSSR count). The highest BCUT2D eigenvalue weighted by molar-refractivity contribution is 8.15. The van der Waals surface area contributed by atoms with Crippen molar-refractivity contribution in [3.8, 4) is 0 Å². The molecule has 6 nitrogen and oxygen atoms in total. The number of aliphatic hydroxyl groups is 2. The van der Waals surface area contributed by atoms with E-state index in [1.54, 1.807) is 18.0 Å². The van der Waals surface area contributed by atoms with E-state index in [1.165, 1.54) is 17.3 Å². The van der Waals surface area contributed by atoms with Crippen molar-refractivity contribution in [3.05, 3.63) is 42.5 Å². The van der Waals surface area contributed by atoms with Gasteiger partial charge in [0.25, 0.3) is 0 Å². The van der Waals surface area contributed by atoms with Crippen molar-refractivity contribution in [2.24, 2.45) is 10.9 Å². The number of anilines is 1. The number of carbonyl (C=O) groups is 1. The minimum absolute atomic E-state index is 0.0508. The molecule has 1 aromatic rings. The van der Waals surface area contributed by atoms with Crippen LogP contribution in [-0.2, 0) is 4.79 Å². The lowest BCUT2D eigenvalue weighted by molar-refractivity contribution is -0.138. The van der Waals surface area contributed by atoms with Gasteiger partial charge in [0, 0.05) is 24.5 Å². The van der Waals surface area contributed by atoms with Crippen molar-refractivity contribution in [1.29, 1.82) is 0 Å². The van der Waals surface area contributed by atoms with Crippen LogP contribution in [0.5, 0.6) is 0 Å². The Hall–Kier alpha value is -1.83. The maximum absolute atomic E-state index is 12.8. The maximum atomic E-state index is 12.8. The molecule has 7 heteroatoms. The zero-order valence-electron chi connectivity index (χ0n) is 15.0. The predicted molar refractivity (Wildman–Crippen MR) is 105 cm³/mol. The van der Waals surface area contributed by atoms with E-state index in [4.69, 9.17) is 0 Å². The van der Waals surface area contributed by atoms with Gasteiger partial charge in [0.1, 0.15) is 6.10 Å². The van der Waals surface area contributed by atoms with Crippen LogP contribution in [0.15, 0.2) is 41.9 Å². The number of hydrogen-bond acceptors (Lipinski definition) is 6. The number of aliphatic hydroxyl groups excluding tert-OH is 2. The van der Waals surface area contributed by atoms with E-state index in [2.05, 4.69) is 16.9 Å². The van der Waals surface area contributed by atoms with Gasteiger partial charge < -0.3 is 20.4 Å². The molecule has 1 aliphatic heterocycles. The minimum Gasteiger partial charge on any atom is -0.390 e. The Morgan fingerprint density at radius 3 is 2.77 bits per heavy atom. The number of aryl methyl sites for hydroxylation is 1. The summed E-state index contributed by atoms with van der Waals surface area (Å²) in [5.41, 5.74) is 2.07. The summed E-state index contributed by atoms with van der Waals surface area (Å²) in [6.45, 7) is 6.14. The number of nitrogens with one attached hydrogen (secondary N) is 1. The highest BCUT2D eigenvalue weighted by Crippen LogP contribution is 2.42. The number of nitrogens with zero attached hydrogens (tertiary/aromatic N) is 2. The molecule has 140 valence electrons. The summed E-state index contributed by atoms with van der Waals surface area (Å²) < 4.78 is 0.